The van der Waals surface area contributed by atoms with E-state index in [9.17, 15) is 9.59 Å². The first-order valence-electron chi connectivity index (χ1n) is 6.34. The number of halogens is 1. The SMILES string of the molecule is COc1ccc(C)cc1C(C)NC(=O)C(N)CC(N)=O.Cl. The van der Waals surface area contributed by atoms with E-state index < -0.39 is 17.9 Å². The lowest BCUT2D eigenvalue weighted by Crippen LogP contribution is -2.43. The number of carbonyl (C=O) groups is 2. The van der Waals surface area contributed by atoms with Crippen LogP contribution < -0.4 is 21.5 Å². The van der Waals surface area contributed by atoms with E-state index in [1.807, 2.05) is 32.0 Å². The molecule has 2 amide bonds. The van der Waals surface area contributed by atoms with Crippen LogP contribution in [0.25, 0.3) is 0 Å². The quantitative estimate of drug-likeness (QED) is 0.721. The summed E-state index contributed by atoms with van der Waals surface area (Å²) >= 11 is 0. The maximum Gasteiger partial charge on any atom is 0.237 e. The summed E-state index contributed by atoms with van der Waals surface area (Å²) in [4.78, 5) is 22.6. The van der Waals surface area contributed by atoms with E-state index in [1.165, 1.54) is 0 Å². The molecule has 0 aliphatic carbocycles. The van der Waals surface area contributed by atoms with Gasteiger partial charge in [-0.15, -0.1) is 12.4 Å². The Morgan fingerprint density at radius 1 is 1.38 bits per heavy atom. The monoisotopic (exact) mass is 315 g/mol. The number of nitrogens with two attached hydrogens (primary N) is 2. The van der Waals surface area contributed by atoms with Gasteiger partial charge >= 0.3 is 0 Å². The molecular formula is C14H22ClN3O3. The minimum atomic E-state index is -0.939. The van der Waals surface area contributed by atoms with Crippen LogP contribution in [-0.2, 0) is 9.59 Å². The summed E-state index contributed by atoms with van der Waals surface area (Å²) in [5, 5.41) is 2.75. The van der Waals surface area contributed by atoms with E-state index >= 15 is 0 Å². The van der Waals surface area contributed by atoms with E-state index in [-0.39, 0.29) is 24.9 Å². The maximum atomic E-state index is 11.9. The number of hydrogen-bond donors (Lipinski definition) is 3. The Morgan fingerprint density at radius 2 is 2.00 bits per heavy atom. The molecule has 0 aromatic heterocycles. The highest BCUT2D eigenvalue weighted by Gasteiger charge is 2.20. The summed E-state index contributed by atoms with van der Waals surface area (Å²) in [6.45, 7) is 3.78. The number of aryl methyl sites for hydroxylation is 1. The maximum absolute atomic E-state index is 11.9. The Kier molecular flexibility index (Phi) is 7.76. The highest BCUT2D eigenvalue weighted by molar-refractivity contribution is 5.87. The van der Waals surface area contributed by atoms with Gasteiger partial charge < -0.3 is 21.5 Å². The van der Waals surface area contributed by atoms with E-state index in [1.54, 1.807) is 7.11 Å². The molecule has 0 bridgehead atoms. The molecule has 118 valence electrons. The zero-order valence-corrected chi connectivity index (χ0v) is 13.2. The van der Waals surface area contributed by atoms with Crippen LogP contribution in [0.4, 0.5) is 0 Å². The number of nitrogens with one attached hydrogen (secondary N) is 1. The van der Waals surface area contributed by atoms with Crippen molar-refractivity contribution in [2.24, 2.45) is 11.5 Å². The molecule has 1 aromatic carbocycles. The second-order valence-corrected chi connectivity index (χ2v) is 4.75. The van der Waals surface area contributed by atoms with Gasteiger partial charge in [0.15, 0.2) is 0 Å². The van der Waals surface area contributed by atoms with Crippen LogP contribution in [0.3, 0.4) is 0 Å². The van der Waals surface area contributed by atoms with E-state index in [4.69, 9.17) is 16.2 Å². The summed E-state index contributed by atoms with van der Waals surface area (Å²) in [5.74, 6) is -0.333. The summed E-state index contributed by atoms with van der Waals surface area (Å²) in [6.07, 6.45) is -0.177. The minimum Gasteiger partial charge on any atom is -0.496 e. The molecule has 2 atom stereocenters. The summed E-state index contributed by atoms with van der Waals surface area (Å²) in [7, 11) is 1.57. The molecule has 5 N–H and O–H groups in total. The van der Waals surface area contributed by atoms with Crippen molar-refractivity contribution >= 4 is 24.2 Å². The molecule has 0 saturated heterocycles. The molecule has 2 unspecified atom stereocenters. The van der Waals surface area contributed by atoms with Gasteiger partial charge in [0.25, 0.3) is 0 Å². The molecule has 0 heterocycles. The Labute approximate surface area is 130 Å². The van der Waals surface area contributed by atoms with Gasteiger partial charge in [-0.25, -0.2) is 0 Å². The van der Waals surface area contributed by atoms with Crippen molar-refractivity contribution in [3.05, 3.63) is 29.3 Å². The first-order valence-corrected chi connectivity index (χ1v) is 6.34. The van der Waals surface area contributed by atoms with Crippen LogP contribution in [0.15, 0.2) is 18.2 Å². The highest BCUT2D eigenvalue weighted by Crippen LogP contribution is 2.26. The lowest BCUT2D eigenvalue weighted by Gasteiger charge is -2.19. The summed E-state index contributed by atoms with van der Waals surface area (Å²) in [6, 6.07) is 4.48. The van der Waals surface area contributed by atoms with Gasteiger partial charge in [0.1, 0.15) is 5.75 Å². The third kappa shape index (κ3) is 5.61. The van der Waals surface area contributed by atoms with Crippen molar-refractivity contribution in [2.45, 2.75) is 32.4 Å². The predicted molar refractivity (Wildman–Crippen MR) is 83.3 cm³/mol. The average Bonchev–Trinajstić information content (AvgIpc) is 2.37. The van der Waals surface area contributed by atoms with Gasteiger partial charge in [0, 0.05) is 5.56 Å². The topological polar surface area (TPSA) is 107 Å². The third-order valence-corrected chi connectivity index (χ3v) is 2.97. The Morgan fingerprint density at radius 3 is 2.52 bits per heavy atom. The second kappa shape index (κ2) is 8.49. The fraction of sp³-hybridized carbons (Fsp3) is 0.429. The van der Waals surface area contributed by atoms with Gasteiger partial charge in [0.05, 0.1) is 25.6 Å². The second-order valence-electron chi connectivity index (χ2n) is 4.75. The predicted octanol–water partition coefficient (Wildman–Crippen LogP) is 0.805. The number of ether oxygens (including phenoxy) is 1. The molecule has 0 saturated carbocycles. The standard InChI is InChI=1S/C14H21N3O3.ClH/c1-8-4-5-12(20-3)10(6-8)9(2)17-14(19)11(15)7-13(16)18;/h4-6,9,11H,7,15H2,1-3H3,(H2,16,18)(H,17,19);1H. The van der Waals surface area contributed by atoms with Crippen LogP contribution in [0.1, 0.15) is 30.5 Å². The molecule has 6 nitrogen and oxygen atoms in total. The number of hydrogen-bond acceptors (Lipinski definition) is 4. The molecule has 0 fully saturated rings. The average molecular weight is 316 g/mol. The summed E-state index contributed by atoms with van der Waals surface area (Å²) in [5.41, 5.74) is 12.5. The number of benzene rings is 1. The van der Waals surface area contributed by atoms with E-state index in [2.05, 4.69) is 5.32 Å². The van der Waals surface area contributed by atoms with Gasteiger partial charge in [-0.3, -0.25) is 9.59 Å². The molecule has 1 rings (SSSR count). The molecule has 0 aliphatic rings. The smallest absolute Gasteiger partial charge is 0.237 e. The molecule has 0 radical (unpaired) electrons. The fourth-order valence-electron chi connectivity index (χ4n) is 1.90. The lowest BCUT2D eigenvalue weighted by atomic mass is 10.0. The van der Waals surface area contributed by atoms with Gasteiger partial charge in [-0.05, 0) is 19.9 Å². The van der Waals surface area contributed by atoms with Gasteiger partial charge in [-0.1, -0.05) is 17.7 Å². The normalized spacial score (nSPS) is 12.8. The van der Waals surface area contributed by atoms with Gasteiger partial charge in [-0.2, -0.15) is 0 Å². The first-order chi connectivity index (χ1) is 9.35. The Hall–Kier alpha value is -1.79. The molecule has 0 aliphatic heterocycles. The van der Waals surface area contributed by atoms with Crippen LogP contribution >= 0.6 is 12.4 Å². The zero-order valence-electron chi connectivity index (χ0n) is 12.4. The van der Waals surface area contributed by atoms with Gasteiger partial charge in [0.2, 0.25) is 11.8 Å². The van der Waals surface area contributed by atoms with Crippen molar-refractivity contribution in [3.63, 3.8) is 0 Å². The first kappa shape index (κ1) is 19.2. The third-order valence-electron chi connectivity index (χ3n) is 2.97. The van der Waals surface area contributed by atoms with Crippen molar-refractivity contribution < 1.29 is 14.3 Å². The molecule has 0 spiro atoms. The summed E-state index contributed by atoms with van der Waals surface area (Å²) < 4.78 is 5.27. The number of amides is 2. The van der Waals surface area contributed by atoms with Crippen molar-refractivity contribution in [3.8, 4) is 5.75 Å². The molecule has 7 heteroatoms. The van der Waals surface area contributed by atoms with E-state index in [0.29, 0.717) is 5.75 Å². The number of methoxy groups -OCH3 is 1. The molecule has 1 aromatic rings. The highest BCUT2D eigenvalue weighted by atomic mass is 35.5. The minimum absolute atomic E-state index is 0. The van der Waals surface area contributed by atoms with E-state index in [0.717, 1.165) is 11.1 Å². The van der Waals surface area contributed by atoms with Crippen molar-refractivity contribution in [2.75, 3.05) is 7.11 Å². The lowest BCUT2D eigenvalue weighted by molar-refractivity contribution is -0.126. The zero-order chi connectivity index (χ0) is 15.3. The Bertz CT molecular complexity index is 508. The fourth-order valence-corrected chi connectivity index (χ4v) is 1.90. The largest absolute Gasteiger partial charge is 0.496 e. The number of rotatable bonds is 6. The number of primary amides is 1. The van der Waals surface area contributed by atoms with Crippen molar-refractivity contribution in [1.82, 2.24) is 5.32 Å². The Balaban J connectivity index is 0.00000400. The number of carbonyl (C=O) groups excluding carboxylic acids is 2. The van der Waals surface area contributed by atoms with Crippen LogP contribution in [0, 0.1) is 6.92 Å². The van der Waals surface area contributed by atoms with Crippen molar-refractivity contribution in [1.29, 1.82) is 0 Å². The van der Waals surface area contributed by atoms with Crippen LogP contribution in [0.2, 0.25) is 0 Å². The van der Waals surface area contributed by atoms with Crippen LogP contribution in [-0.4, -0.2) is 25.0 Å². The molecule has 21 heavy (non-hydrogen) atoms. The van der Waals surface area contributed by atoms with Crippen LogP contribution in [0.5, 0.6) is 5.75 Å². The molecular weight excluding hydrogens is 294 g/mol.